The molecule has 1 saturated heterocycles. The van der Waals surface area contributed by atoms with E-state index in [0.717, 1.165) is 16.3 Å². The highest BCUT2D eigenvalue weighted by Gasteiger charge is 2.67. The predicted octanol–water partition coefficient (Wildman–Crippen LogP) is 2.45. The largest absolute Gasteiger partial charge is 0.394 e. The van der Waals surface area contributed by atoms with E-state index in [2.05, 4.69) is 5.43 Å². The Bertz CT molecular complexity index is 664. The number of rotatable bonds is 3. The highest BCUT2D eigenvalue weighted by atomic mass is 19.4. The number of halogens is 3. The molecule has 4 saturated carbocycles. The zero-order valence-corrected chi connectivity index (χ0v) is 14.6. The number of imide groups is 1. The summed E-state index contributed by atoms with van der Waals surface area (Å²) in [6.07, 6.45) is -1.81. The summed E-state index contributed by atoms with van der Waals surface area (Å²) in [6, 6.07) is -0.624. The molecule has 4 amide bonds. The number of nitrogens with one attached hydrogen (secondary N) is 1. The van der Waals surface area contributed by atoms with E-state index in [1.54, 1.807) is 0 Å². The van der Waals surface area contributed by atoms with Crippen LogP contribution in [-0.4, -0.2) is 47.5 Å². The number of hydrazine groups is 1. The minimum atomic E-state index is -4.24. The van der Waals surface area contributed by atoms with Crippen molar-refractivity contribution >= 4 is 17.8 Å². The molecular weight excluding hydrogens is 351 g/mol. The molecular formula is C17H22F3N3O3. The summed E-state index contributed by atoms with van der Waals surface area (Å²) in [5.41, 5.74) is 0.111. The lowest BCUT2D eigenvalue weighted by Gasteiger charge is -2.62. The van der Waals surface area contributed by atoms with E-state index >= 15 is 0 Å². The zero-order chi connectivity index (χ0) is 18.9. The molecule has 4 bridgehead atoms. The average molecular weight is 373 g/mol. The fourth-order valence-electron chi connectivity index (χ4n) is 6.21. The third-order valence-corrected chi connectivity index (χ3v) is 6.76. The van der Waals surface area contributed by atoms with Gasteiger partial charge in [0, 0.05) is 13.5 Å². The van der Waals surface area contributed by atoms with Gasteiger partial charge in [-0.05, 0) is 55.8 Å². The van der Waals surface area contributed by atoms with Crippen LogP contribution >= 0.6 is 0 Å². The van der Waals surface area contributed by atoms with Gasteiger partial charge < -0.3 is 0 Å². The van der Waals surface area contributed by atoms with Crippen LogP contribution in [0.15, 0.2) is 0 Å². The quantitative estimate of drug-likeness (QED) is 0.773. The van der Waals surface area contributed by atoms with Gasteiger partial charge in [0.15, 0.2) is 0 Å². The fraction of sp³-hybridized carbons (Fsp3) is 0.824. The summed E-state index contributed by atoms with van der Waals surface area (Å²) in [5.74, 6) is -0.875. The fourth-order valence-corrected chi connectivity index (χ4v) is 6.21. The standard InChI is InChI=1S/C17H22F3N3O3/c1-22-13(25)8-23(14(22)26)21-12(24)7-15-3-10-2-11(4-15)6-16(5-10,9-15)17(18,19)20/h10-11H,2-9H2,1H3,(H,21,24). The molecule has 5 rings (SSSR count). The summed E-state index contributed by atoms with van der Waals surface area (Å²) < 4.78 is 41.3. The van der Waals surface area contributed by atoms with E-state index < -0.39 is 34.9 Å². The number of carbonyl (C=O) groups excluding carboxylic acids is 3. The lowest BCUT2D eigenvalue weighted by Crippen LogP contribution is -2.58. The molecule has 0 aromatic carbocycles. The van der Waals surface area contributed by atoms with Crippen LogP contribution in [0.1, 0.15) is 44.9 Å². The molecule has 1 N–H and O–H groups in total. The van der Waals surface area contributed by atoms with Gasteiger partial charge >= 0.3 is 12.2 Å². The van der Waals surface area contributed by atoms with E-state index in [-0.39, 0.29) is 44.1 Å². The molecule has 26 heavy (non-hydrogen) atoms. The average Bonchev–Trinajstić information content (AvgIpc) is 2.71. The summed E-state index contributed by atoms with van der Waals surface area (Å²) in [5, 5.41) is 0.935. The number of alkyl halides is 3. The zero-order valence-electron chi connectivity index (χ0n) is 14.6. The second-order valence-electron chi connectivity index (χ2n) is 8.77. The van der Waals surface area contributed by atoms with Crippen LogP contribution in [0, 0.1) is 22.7 Å². The van der Waals surface area contributed by atoms with Crippen LogP contribution in [0.4, 0.5) is 18.0 Å². The van der Waals surface area contributed by atoms with E-state index in [0.29, 0.717) is 12.8 Å². The first-order valence-corrected chi connectivity index (χ1v) is 8.97. The van der Waals surface area contributed by atoms with Crippen molar-refractivity contribution in [2.75, 3.05) is 13.6 Å². The minimum Gasteiger partial charge on any atom is -0.273 e. The molecule has 9 heteroatoms. The molecule has 144 valence electrons. The second kappa shape index (κ2) is 5.36. The number of hydrogen-bond acceptors (Lipinski definition) is 3. The molecule has 2 unspecified atom stereocenters. The van der Waals surface area contributed by atoms with Gasteiger partial charge in [-0.1, -0.05) is 0 Å². The molecule has 1 heterocycles. The van der Waals surface area contributed by atoms with E-state index in [1.807, 2.05) is 0 Å². The lowest BCUT2D eigenvalue weighted by molar-refractivity contribution is -0.287. The van der Waals surface area contributed by atoms with Crippen molar-refractivity contribution in [3.05, 3.63) is 0 Å². The maximum absolute atomic E-state index is 13.8. The molecule has 2 atom stereocenters. The first-order valence-electron chi connectivity index (χ1n) is 8.97. The third kappa shape index (κ3) is 2.58. The molecule has 0 radical (unpaired) electrons. The van der Waals surface area contributed by atoms with Crippen molar-refractivity contribution < 1.29 is 27.6 Å². The highest BCUT2D eigenvalue weighted by molar-refractivity contribution is 6.02. The van der Waals surface area contributed by atoms with Gasteiger partial charge in [-0.3, -0.25) is 19.9 Å². The SMILES string of the molecule is CN1C(=O)CN(NC(=O)CC23CC4CC(C2)CC(C(F)(F)F)(C4)C3)C1=O. The van der Waals surface area contributed by atoms with Crippen molar-refractivity contribution in [1.82, 2.24) is 15.3 Å². The number of amides is 4. The maximum atomic E-state index is 13.8. The van der Waals surface area contributed by atoms with Crippen molar-refractivity contribution in [2.24, 2.45) is 22.7 Å². The third-order valence-electron chi connectivity index (χ3n) is 6.76. The summed E-state index contributed by atoms with van der Waals surface area (Å²) >= 11 is 0. The van der Waals surface area contributed by atoms with Crippen LogP contribution in [0.3, 0.4) is 0 Å². The van der Waals surface area contributed by atoms with Crippen LogP contribution in [0.2, 0.25) is 0 Å². The number of urea groups is 1. The van der Waals surface area contributed by atoms with Gasteiger partial charge in [-0.25, -0.2) is 9.80 Å². The Hall–Kier alpha value is -1.80. The van der Waals surface area contributed by atoms with Crippen molar-refractivity contribution in [3.8, 4) is 0 Å². The lowest BCUT2D eigenvalue weighted by atomic mass is 9.43. The number of likely N-dealkylation sites (N-methyl/N-ethyl adjacent to an activating group) is 1. The molecule has 0 spiro atoms. The normalized spacial score (nSPS) is 39.1. The van der Waals surface area contributed by atoms with Crippen molar-refractivity contribution in [3.63, 3.8) is 0 Å². The molecule has 5 aliphatic rings. The minimum absolute atomic E-state index is 0.00327. The molecule has 0 aromatic heterocycles. The molecule has 6 nitrogen and oxygen atoms in total. The Balaban J connectivity index is 1.49. The van der Waals surface area contributed by atoms with Crippen molar-refractivity contribution in [2.45, 2.75) is 51.1 Å². The number of hydrogen-bond donors (Lipinski definition) is 1. The van der Waals surface area contributed by atoms with Gasteiger partial charge in [0.05, 0.1) is 5.41 Å². The summed E-state index contributed by atoms with van der Waals surface area (Å²) in [7, 11) is 1.32. The molecule has 1 aliphatic heterocycles. The van der Waals surface area contributed by atoms with E-state index in [4.69, 9.17) is 0 Å². The Morgan fingerprint density at radius 2 is 1.81 bits per heavy atom. The van der Waals surface area contributed by atoms with Crippen LogP contribution in [0.25, 0.3) is 0 Å². The number of nitrogens with zero attached hydrogens (tertiary/aromatic N) is 2. The first kappa shape index (κ1) is 17.6. The maximum Gasteiger partial charge on any atom is 0.394 e. The summed E-state index contributed by atoms with van der Waals surface area (Å²) in [4.78, 5) is 36.8. The topological polar surface area (TPSA) is 69.7 Å². The van der Waals surface area contributed by atoms with E-state index in [9.17, 15) is 27.6 Å². The van der Waals surface area contributed by atoms with Crippen LogP contribution in [-0.2, 0) is 9.59 Å². The van der Waals surface area contributed by atoms with E-state index in [1.165, 1.54) is 7.05 Å². The summed E-state index contributed by atoms with van der Waals surface area (Å²) in [6.45, 7) is -0.244. The first-order chi connectivity index (χ1) is 12.0. The Labute approximate surface area is 149 Å². The Kier molecular flexibility index (Phi) is 3.63. The van der Waals surface area contributed by atoms with Gasteiger partial charge in [-0.2, -0.15) is 13.2 Å². The molecule has 4 aliphatic carbocycles. The molecule has 0 aromatic rings. The van der Waals surface area contributed by atoms with Crippen LogP contribution in [0.5, 0.6) is 0 Å². The van der Waals surface area contributed by atoms with Gasteiger partial charge in [0.25, 0.3) is 5.91 Å². The smallest absolute Gasteiger partial charge is 0.273 e. The van der Waals surface area contributed by atoms with Gasteiger partial charge in [0.2, 0.25) is 5.91 Å². The Morgan fingerprint density at radius 3 is 2.31 bits per heavy atom. The van der Waals surface area contributed by atoms with Gasteiger partial charge in [-0.15, -0.1) is 0 Å². The van der Waals surface area contributed by atoms with Gasteiger partial charge in [0.1, 0.15) is 6.54 Å². The Morgan fingerprint density at radius 1 is 1.19 bits per heavy atom. The highest BCUT2D eigenvalue weighted by Crippen LogP contribution is 2.70. The predicted molar refractivity (Wildman–Crippen MR) is 83.2 cm³/mol. The molecule has 5 fully saturated rings. The number of carbonyl (C=O) groups is 3. The van der Waals surface area contributed by atoms with Crippen molar-refractivity contribution in [1.29, 1.82) is 0 Å². The monoisotopic (exact) mass is 373 g/mol. The second-order valence-corrected chi connectivity index (χ2v) is 8.77. The van der Waals surface area contributed by atoms with Crippen LogP contribution < -0.4 is 5.43 Å².